The second-order valence-corrected chi connectivity index (χ2v) is 1.65. The molecule has 0 saturated heterocycles. The summed E-state index contributed by atoms with van der Waals surface area (Å²) in [6.45, 7) is 0. The zero-order valence-corrected chi connectivity index (χ0v) is 9.21. The van der Waals surface area contributed by atoms with E-state index in [4.69, 9.17) is 4.74 Å². The van der Waals surface area contributed by atoms with Gasteiger partial charge in [-0.1, -0.05) is 23.9 Å². The van der Waals surface area contributed by atoms with Gasteiger partial charge in [0.05, 0.1) is 7.11 Å². The fourth-order valence-electron chi connectivity index (χ4n) is 0.619. The molecule has 4 heteroatoms. The van der Waals surface area contributed by atoms with Crippen molar-refractivity contribution in [3.8, 4) is 11.5 Å². The normalized spacial score (nSPS) is 7.36. The number of para-hydroxylation sites is 2. The Balaban J connectivity index is 0. The van der Waals surface area contributed by atoms with Crippen LogP contribution in [0.25, 0.3) is 0 Å². The van der Waals surface area contributed by atoms with Gasteiger partial charge in [-0.05, 0) is 6.07 Å². The number of hydrogen-bond donors (Lipinski definition) is 0. The summed E-state index contributed by atoms with van der Waals surface area (Å²) in [5, 5.41) is 10.7. The van der Waals surface area contributed by atoms with E-state index in [-0.39, 0.29) is 45.8 Å². The Kier molecular flexibility index (Phi) is 8.38. The molecule has 0 atom stereocenters. The van der Waals surface area contributed by atoms with Gasteiger partial charge >= 0.3 is 23.1 Å². The van der Waals surface area contributed by atoms with Gasteiger partial charge in [0.15, 0.2) is 0 Å². The maximum atomic E-state index is 10.7. The van der Waals surface area contributed by atoms with Crippen LogP contribution < -0.4 is 26.8 Å². The maximum absolute atomic E-state index is 10.7. The molecule has 0 amide bonds. The molecule has 2 nitrogen and oxygen atoms in total. The molecule has 56 valence electrons. The number of rotatable bonds is 1. The molecule has 0 spiro atoms. The molecule has 11 heavy (non-hydrogen) atoms. The summed E-state index contributed by atoms with van der Waals surface area (Å²) in [4.78, 5) is 0. The maximum Gasteiger partial charge on any atom is 2.00 e. The molecule has 0 saturated carbocycles. The average Bonchev–Trinajstić information content (AvgIpc) is 1.89. The Morgan fingerprint density at radius 1 is 1.27 bits per heavy atom. The number of methoxy groups -OCH3 is 1. The van der Waals surface area contributed by atoms with Crippen molar-refractivity contribution in [2.24, 2.45) is 0 Å². The van der Waals surface area contributed by atoms with Crippen molar-refractivity contribution >= 4 is 23.1 Å². The van der Waals surface area contributed by atoms with Crippen LogP contribution in [0.1, 0.15) is 0 Å². The van der Waals surface area contributed by atoms with Gasteiger partial charge in [0.25, 0.3) is 0 Å². The number of ether oxygens (including phenoxy) is 1. The van der Waals surface area contributed by atoms with Crippen LogP contribution in [-0.2, 0) is 0 Å². The molecule has 0 aliphatic heterocycles. The fraction of sp³-hybridized carbons (Fsp3) is 0.143. The van der Waals surface area contributed by atoms with Crippen LogP contribution in [-0.4, -0.2) is 30.2 Å². The van der Waals surface area contributed by atoms with Crippen molar-refractivity contribution in [2.45, 2.75) is 0 Å². The van der Waals surface area contributed by atoms with Crippen molar-refractivity contribution in [1.29, 1.82) is 0 Å². The molecular weight excluding hydrogens is 220 g/mol. The van der Waals surface area contributed by atoms with E-state index in [9.17, 15) is 5.11 Å². The topological polar surface area (TPSA) is 32.3 Å². The third-order valence-electron chi connectivity index (χ3n) is 1.07. The van der Waals surface area contributed by atoms with E-state index >= 15 is 0 Å². The van der Waals surface area contributed by atoms with Crippen molar-refractivity contribution in [2.75, 3.05) is 7.11 Å². The second-order valence-electron chi connectivity index (χ2n) is 1.65. The molecule has 0 aliphatic carbocycles. The minimum absolute atomic E-state index is 0. The van der Waals surface area contributed by atoms with Gasteiger partial charge in [-0.15, -0.1) is 0 Å². The Morgan fingerprint density at radius 2 is 1.82 bits per heavy atom. The van der Waals surface area contributed by atoms with Gasteiger partial charge in [-0.2, -0.15) is 0 Å². The summed E-state index contributed by atoms with van der Waals surface area (Å²) in [5.74, 6) is 0.331. The van der Waals surface area contributed by atoms with Crippen molar-refractivity contribution < 1.29 is 26.8 Å². The van der Waals surface area contributed by atoms with Crippen molar-refractivity contribution in [1.82, 2.24) is 0 Å². The van der Waals surface area contributed by atoms with Crippen molar-refractivity contribution in [3.05, 3.63) is 24.3 Å². The van der Waals surface area contributed by atoms with Gasteiger partial charge in [-0.3, -0.25) is 0 Å². The van der Waals surface area contributed by atoms with Crippen LogP contribution in [0, 0.1) is 0 Å². The predicted molar refractivity (Wildman–Crippen MR) is 38.2 cm³/mol. The zero-order chi connectivity index (χ0) is 6.69. The molecule has 0 N–H and O–H groups in total. The summed E-state index contributed by atoms with van der Waals surface area (Å²) in [7, 11) is 1.48. The minimum atomic E-state index is -0.0694. The number of benzene rings is 1. The SMILES string of the molecule is COc1ccccc1[O-].[Br-].[Mg+2]. The summed E-state index contributed by atoms with van der Waals surface area (Å²) in [6.07, 6.45) is 0. The van der Waals surface area contributed by atoms with Gasteiger partial charge < -0.3 is 26.8 Å². The first-order valence-electron chi connectivity index (χ1n) is 2.64. The Labute approximate surface area is 92.5 Å². The molecule has 0 bridgehead atoms. The first-order valence-corrected chi connectivity index (χ1v) is 2.64. The summed E-state index contributed by atoms with van der Waals surface area (Å²) < 4.78 is 4.73. The zero-order valence-electron chi connectivity index (χ0n) is 6.21. The number of halogens is 1. The molecular formula is C7H7BrMgO2. The van der Waals surface area contributed by atoms with Gasteiger partial charge in [0.1, 0.15) is 5.75 Å². The predicted octanol–water partition coefficient (Wildman–Crippen LogP) is -2.61. The first-order chi connectivity index (χ1) is 4.34. The van der Waals surface area contributed by atoms with Crippen LogP contribution in [0.4, 0.5) is 0 Å². The first kappa shape index (κ1) is 13.6. The Hall–Kier alpha value is 0.0662. The van der Waals surface area contributed by atoms with Crippen LogP contribution in [0.15, 0.2) is 24.3 Å². The summed E-state index contributed by atoms with van der Waals surface area (Å²) in [6, 6.07) is 6.56. The van der Waals surface area contributed by atoms with Gasteiger partial charge in [-0.25, -0.2) is 0 Å². The van der Waals surface area contributed by atoms with E-state index in [1.807, 2.05) is 0 Å². The van der Waals surface area contributed by atoms with Gasteiger partial charge in [0.2, 0.25) is 0 Å². The van der Waals surface area contributed by atoms with Crippen LogP contribution in [0.5, 0.6) is 11.5 Å². The quantitative estimate of drug-likeness (QED) is 0.493. The van der Waals surface area contributed by atoms with E-state index in [1.165, 1.54) is 13.2 Å². The summed E-state index contributed by atoms with van der Waals surface area (Å²) in [5.41, 5.74) is 0. The van der Waals surface area contributed by atoms with Crippen LogP contribution in [0.3, 0.4) is 0 Å². The summed E-state index contributed by atoms with van der Waals surface area (Å²) >= 11 is 0. The largest absolute Gasteiger partial charge is 2.00 e. The molecule has 1 rings (SSSR count). The molecule has 1 aromatic rings. The van der Waals surface area contributed by atoms with E-state index < -0.39 is 0 Å². The van der Waals surface area contributed by atoms with E-state index in [1.54, 1.807) is 18.2 Å². The monoisotopic (exact) mass is 226 g/mol. The molecule has 0 radical (unpaired) electrons. The second kappa shape index (κ2) is 6.76. The molecule has 0 unspecified atom stereocenters. The van der Waals surface area contributed by atoms with Crippen molar-refractivity contribution in [3.63, 3.8) is 0 Å². The Morgan fingerprint density at radius 3 is 2.18 bits per heavy atom. The standard InChI is InChI=1S/C7H8O2.BrH.Mg/c1-9-7-5-3-2-4-6(7)8;;/h2-5,8H,1H3;1H;/q;;+2/p-2. The number of hydrogen-bond acceptors (Lipinski definition) is 2. The molecule has 0 fully saturated rings. The molecule has 0 heterocycles. The molecule has 1 aromatic carbocycles. The Bertz CT molecular complexity index is 205. The minimum Gasteiger partial charge on any atom is -1.00 e. The third kappa shape index (κ3) is 3.84. The van der Waals surface area contributed by atoms with E-state index in [0.29, 0.717) is 5.75 Å². The smallest absolute Gasteiger partial charge is 1.00 e. The average molecular weight is 227 g/mol. The molecule has 0 aliphatic rings. The molecule has 0 aromatic heterocycles. The van der Waals surface area contributed by atoms with E-state index in [0.717, 1.165) is 0 Å². The van der Waals surface area contributed by atoms with Crippen LogP contribution in [0.2, 0.25) is 0 Å². The van der Waals surface area contributed by atoms with Gasteiger partial charge in [0, 0.05) is 0 Å². The van der Waals surface area contributed by atoms with Crippen LogP contribution >= 0.6 is 0 Å². The van der Waals surface area contributed by atoms with E-state index in [2.05, 4.69) is 0 Å². The fourth-order valence-corrected chi connectivity index (χ4v) is 0.619. The third-order valence-corrected chi connectivity index (χ3v) is 1.07.